The van der Waals surface area contributed by atoms with Gasteiger partial charge in [-0.05, 0) is 52.4 Å². The van der Waals surface area contributed by atoms with E-state index in [1.54, 1.807) is 13.1 Å². The minimum atomic E-state index is -2.99. The van der Waals surface area contributed by atoms with Crippen LogP contribution >= 0.6 is 0 Å². The first-order valence-corrected chi connectivity index (χ1v) is 15.9. The number of carbonyl (C=O) groups excluding carboxylic acids is 2. The molecule has 3 fully saturated rings. The molecule has 2 amide bonds. The Hall–Kier alpha value is -3.73. The molecule has 3 aliphatic rings. The number of piperidine rings is 1. The molecule has 1 saturated carbocycles. The van der Waals surface area contributed by atoms with Gasteiger partial charge in [-0.2, -0.15) is 10.2 Å². The number of nitrogens with one attached hydrogen (secondary N) is 1. The Bertz CT molecular complexity index is 1610. The topological polar surface area (TPSA) is 153 Å². The molecule has 6 rings (SSSR count). The van der Waals surface area contributed by atoms with E-state index >= 15 is 0 Å². The smallest absolute Gasteiger partial charge is 0.289 e. The minimum Gasteiger partial charge on any atom is -0.390 e. The summed E-state index contributed by atoms with van der Waals surface area (Å²) in [5.41, 5.74) is -0.445. The number of likely N-dealkylation sites (tertiary alicyclic amines) is 1. The molecule has 0 radical (unpaired) electrons. The van der Waals surface area contributed by atoms with Gasteiger partial charge in [0.25, 0.3) is 23.5 Å². The maximum Gasteiger partial charge on any atom is 0.289 e. The van der Waals surface area contributed by atoms with Crippen LogP contribution in [-0.2, 0) is 9.53 Å². The standard InChI is InChI=1S/C30H39F4N9O4/c1-17(2)43-24(35-16-37-43)25(44)40-23(18-4-7-29(31,32)8-5-18)20-14-42-27(39-20)38-19(13-36-42)21-12-28(3,46)10-11-41(21)26(45)22-6-9-30(33,34)15-47-22/h13-14,16-18,21-23,46H,4-12,15H2,1-3H3,(H,40,44)/t21-,22+,23+,28+/m1/s1. The van der Waals surface area contributed by atoms with Gasteiger partial charge in [0, 0.05) is 38.3 Å². The molecule has 4 atom stereocenters. The van der Waals surface area contributed by atoms with Crippen molar-refractivity contribution in [3.63, 3.8) is 0 Å². The molecule has 0 aromatic carbocycles. The fourth-order valence-corrected chi connectivity index (χ4v) is 6.72. The fourth-order valence-electron chi connectivity index (χ4n) is 6.72. The van der Waals surface area contributed by atoms with Crippen LogP contribution in [0, 0.1) is 5.92 Å². The van der Waals surface area contributed by atoms with Gasteiger partial charge in [-0.1, -0.05) is 0 Å². The first kappa shape index (κ1) is 33.2. The van der Waals surface area contributed by atoms with Crippen molar-refractivity contribution >= 4 is 17.6 Å². The Balaban J connectivity index is 1.29. The van der Waals surface area contributed by atoms with Crippen LogP contribution in [0.4, 0.5) is 17.6 Å². The zero-order valence-electron chi connectivity index (χ0n) is 26.5. The fraction of sp³-hybridized carbons (Fsp3) is 0.700. The zero-order valence-corrected chi connectivity index (χ0v) is 26.5. The van der Waals surface area contributed by atoms with Gasteiger partial charge < -0.3 is 20.1 Å². The molecule has 13 nitrogen and oxygen atoms in total. The van der Waals surface area contributed by atoms with E-state index in [0.717, 1.165) is 0 Å². The van der Waals surface area contributed by atoms with Gasteiger partial charge in [0.05, 0.1) is 41.5 Å². The van der Waals surface area contributed by atoms with E-state index in [9.17, 15) is 32.3 Å². The third-order valence-electron chi connectivity index (χ3n) is 9.40. The Kier molecular flexibility index (Phi) is 8.74. The van der Waals surface area contributed by atoms with Crippen molar-refractivity contribution in [3.05, 3.63) is 35.9 Å². The van der Waals surface area contributed by atoms with E-state index in [1.807, 2.05) is 13.8 Å². The number of fused-ring (bicyclic) bond motifs is 1. The number of hydrogen-bond acceptors (Lipinski definition) is 9. The highest BCUT2D eigenvalue weighted by atomic mass is 19.3. The highest BCUT2D eigenvalue weighted by Gasteiger charge is 2.45. The number of carbonyl (C=O) groups is 2. The van der Waals surface area contributed by atoms with Crippen LogP contribution in [0.2, 0.25) is 0 Å². The molecule has 3 aromatic rings. The predicted molar refractivity (Wildman–Crippen MR) is 157 cm³/mol. The second kappa shape index (κ2) is 12.4. The van der Waals surface area contributed by atoms with Gasteiger partial charge in [0.1, 0.15) is 19.0 Å². The van der Waals surface area contributed by atoms with Crippen LogP contribution in [0.3, 0.4) is 0 Å². The maximum atomic E-state index is 14.1. The van der Waals surface area contributed by atoms with Crippen LogP contribution in [0.5, 0.6) is 0 Å². The molecule has 47 heavy (non-hydrogen) atoms. The van der Waals surface area contributed by atoms with E-state index in [-0.39, 0.29) is 75.1 Å². The normalized spacial score (nSPS) is 27.2. The van der Waals surface area contributed by atoms with E-state index in [2.05, 4.69) is 30.5 Å². The number of rotatable bonds is 7. The first-order valence-electron chi connectivity index (χ1n) is 15.9. The van der Waals surface area contributed by atoms with Gasteiger partial charge in [-0.3, -0.25) is 9.59 Å². The van der Waals surface area contributed by atoms with E-state index in [4.69, 9.17) is 4.74 Å². The first-order chi connectivity index (χ1) is 22.1. The molecule has 2 aliphatic heterocycles. The number of alkyl halides is 4. The summed E-state index contributed by atoms with van der Waals surface area (Å²) in [5.74, 6) is -6.91. The summed E-state index contributed by atoms with van der Waals surface area (Å²) >= 11 is 0. The number of halogens is 4. The lowest BCUT2D eigenvalue weighted by molar-refractivity contribution is -0.175. The summed E-state index contributed by atoms with van der Waals surface area (Å²) in [7, 11) is 0. The molecular weight excluding hydrogens is 626 g/mol. The van der Waals surface area contributed by atoms with Gasteiger partial charge in [0.15, 0.2) is 0 Å². The van der Waals surface area contributed by atoms with Crippen molar-refractivity contribution in [2.75, 3.05) is 13.2 Å². The van der Waals surface area contributed by atoms with Gasteiger partial charge in [0.2, 0.25) is 11.7 Å². The number of hydrogen-bond donors (Lipinski definition) is 2. The Morgan fingerprint density at radius 1 is 1.04 bits per heavy atom. The molecule has 0 unspecified atom stereocenters. The second-order valence-corrected chi connectivity index (χ2v) is 13.6. The largest absolute Gasteiger partial charge is 0.390 e. The third kappa shape index (κ3) is 7.10. The summed E-state index contributed by atoms with van der Waals surface area (Å²) in [4.78, 5) is 41.8. The summed E-state index contributed by atoms with van der Waals surface area (Å²) < 4.78 is 63.8. The average molecular weight is 666 g/mol. The summed E-state index contributed by atoms with van der Waals surface area (Å²) in [6.45, 7) is 4.67. The molecule has 3 aromatic heterocycles. The number of aromatic nitrogens is 7. The average Bonchev–Trinajstić information content (AvgIpc) is 3.67. The van der Waals surface area contributed by atoms with Gasteiger partial charge >= 0.3 is 0 Å². The molecule has 256 valence electrons. The lowest BCUT2D eigenvalue weighted by atomic mass is 9.81. The van der Waals surface area contributed by atoms with Crippen LogP contribution in [0.25, 0.3) is 5.78 Å². The highest BCUT2D eigenvalue weighted by Crippen LogP contribution is 2.42. The third-order valence-corrected chi connectivity index (χ3v) is 9.40. The van der Waals surface area contributed by atoms with Crippen LogP contribution in [0.1, 0.15) is 112 Å². The molecular formula is C30H39F4N9O4. The van der Waals surface area contributed by atoms with Crippen molar-refractivity contribution in [2.45, 2.75) is 114 Å². The quantitative estimate of drug-likeness (QED) is 0.359. The number of nitrogens with zero attached hydrogens (tertiary/aromatic N) is 8. The molecule has 0 spiro atoms. The van der Waals surface area contributed by atoms with Crippen molar-refractivity contribution in [1.29, 1.82) is 0 Å². The molecule has 2 saturated heterocycles. The van der Waals surface area contributed by atoms with E-state index in [0.29, 0.717) is 11.4 Å². The molecule has 0 bridgehead atoms. The second-order valence-electron chi connectivity index (χ2n) is 13.6. The number of aliphatic hydroxyl groups is 1. The summed E-state index contributed by atoms with van der Waals surface area (Å²) in [5, 5.41) is 22.5. The Labute approximate surface area is 268 Å². The lowest BCUT2D eigenvalue weighted by Gasteiger charge is -2.43. The molecule has 2 N–H and O–H groups in total. The lowest BCUT2D eigenvalue weighted by Crippen LogP contribution is -2.52. The minimum absolute atomic E-state index is 0.0770. The van der Waals surface area contributed by atoms with Crippen LogP contribution in [0.15, 0.2) is 18.7 Å². The Morgan fingerprint density at radius 2 is 1.77 bits per heavy atom. The molecule has 5 heterocycles. The van der Waals surface area contributed by atoms with Crippen LogP contribution in [-0.4, -0.2) is 92.9 Å². The van der Waals surface area contributed by atoms with Crippen LogP contribution < -0.4 is 5.32 Å². The van der Waals surface area contributed by atoms with Crippen molar-refractivity contribution in [1.82, 2.24) is 44.6 Å². The predicted octanol–water partition coefficient (Wildman–Crippen LogP) is 3.82. The van der Waals surface area contributed by atoms with Gasteiger partial charge in [-0.25, -0.2) is 41.7 Å². The number of amides is 2. The number of ether oxygens (including phenoxy) is 1. The summed E-state index contributed by atoms with van der Waals surface area (Å²) in [6, 6.07) is -1.66. The number of imidazole rings is 1. The maximum absolute atomic E-state index is 14.1. The Morgan fingerprint density at radius 3 is 2.45 bits per heavy atom. The van der Waals surface area contributed by atoms with E-state index in [1.165, 1.54) is 26.6 Å². The van der Waals surface area contributed by atoms with Crippen molar-refractivity contribution in [2.24, 2.45) is 5.92 Å². The zero-order chi connectivity index (χ0) is 33.7. The monoisotopic (exact) mass is 665 g/mol. The highest BCUT2D eigenvalue weighted by molar-refractivity contribution is 5.91. The van der Waals surface area contributed by atoms with Gasteiger partial charge in [-0.15, -0.1) is 0 Å². The van der Waals surface area contributed by atoms with Crippen molar-refractivity contribution in [3.8, 4) is 0 Å². The molecule has 1 aliphatic carbocycles. The SMILES string of the molecule is CC(C)n1ncnc1C(=O)N[C@H](c1cn2ncc([C@H]3C[C@@](C)(O)CCN3C(=O)[C@@H]3CCC(F)(F)CO3)nc2n1)C1CCC(F)(F)CC1. The summed E-state index contributed by atoms with van der Waals surface area (Å²) in [6.07, 6.45) is 2.70. The molecule has 17 heteroatoms. The van der Waals surface area contributed by atoms with E-state index < -0.39 is 60.5 Å². The van der Waals surface area contributed by atoms with Crippen molar-refractivity contribution < 1.29 is 37.0 Å².